The average molecular weight is 345 g/mol. The lowest BCUT2D eigenvalue weighted by atomic mass is 9.80. The van der Waals surface area contributed by atoms with E-state index in [1.807, 2.05) is 0 Å². The van der Waals surface area contributed by atoms with Crippen molar-refractivity contribution in [2.45, 2.75) is 62.7 Å². The van der Waals surface area contributed by atoms with Crippen molar-refractivity contribution in [3.8, 4) is 0 Å². The Morgan fingerprint density at radius 2 is 1.61 bits per heavy atom. The van der Waals surface area contributed by atoms with Gasteiger partial charge in [-0.15, -0.1) is 0 Å². The predicted molar refractivity (Wildman–Crippen MR) is 86.7 cm³/mol. The van der Waals surface area contributed by atoms with Crippen LogP contribution in [-0.2, 0) is 19.4 Å². The van der Waals surface area contributed by atoms with Gasteiger partial charge >= 0.3 is 5.97 Å². The Morgan fingerprint density at radius 1 is 1.00 bits per heavy atom. The first-order chi connectivity index (χ1) is 10.7. The lowest BCUT2D eigenvalue weighted by molar-refractivity contribution is -0.145. The first-order valence-corrected chi connectivity index (χ1v) is 10.4. The number of carboxylic acid groups (broad SMARTS) is 1. The molecule has 0 aromatic carbocycles. The zero-order valence-corrected chi connectivity index (χ0v) is 14.7. The maximum absolute atomic E-state index is 12.8. The van der Waals surface area contributed by atoms with Crippen LogP contribution in [0.4, 0.5) is 0 Å². The SMILES string of the molecule is CN(C(=O)C1CCCC(C(=O)O)C1)C1CCCCC1S(C)(=O)=O. The average Bonchev–Trinajstić information content (AvgIpc) is 2.52. The fourth-order valence-corrected chi connectivity index (χ4v) is 5.59. The largest absolute Gasteiger partial charge is 0.481 e. The summed E-state index contributed by atoms with van der Waals surface area (Å²) < 4.78 is 24.1. The molecule has 0 radical (unpaired) electrons. The molecular weight excluding hydrogens is 318 g/mol. The van der Waals surface area contributed by atoms with E-state index in [1.54, 1.807) is 11.9 Å². The number of aliphatic carboxylic acids is 1. The number of carbonyl (C=O) groups is 2. The Balaban J connectivity index is 2.10. The van der Waals surface area contributed by atoms with Crippen LogP contribution in [0.25, 0.3) is 0 Å². The van der Waals surface area contributed by atoms with Gasteiger partial charge in [-0.25, -0.2) is 8.42 Å². The Hall–Kier alpha value is -1.11. The summed E-state index contributed by atoms with van der Waals surface area (Å²) in [7, 11) is -1.52. The van der Waals surface area contributed by atoms with E-state index in [1.165, 1.54) is 6.26 Å². The lowest BCUT2D eigenvalue weighted by Gasteiger charge is -2.39. The van der Waals surface area contributed by atoms with Gasteiger partial charge < -0.3 is 10.0 Å². The summed E-state index contributed by atoms with van der Waals surface area (Å²) >= 11 is 0. The van der Waals surface area contributed by atoms with Gasteiger partial charge in [-0.2, -0.15) is 0 Å². The molecule has 2 aliphatic carbocycles. The highest BCUT2D eigenvalue weighted by molar-refractivity contribution is 7.91. The molecule has 4 atom stereocenters. The molecule has 2 fully saturated rings. The zero-order chi connectivity index (χ0) is 17.2. The number of hydrogen-bond acceptors (Lipinski definition) is 4. The van der Waals surface area contributed by atoms with Crippen molar-refractivity contribution in [3.05, 3.63) is 0 Å². The fourth-order valence-electron chi connectivity index (χ4n) is 4.11. The molecule has 0 aromatic rings. The van der Waals surface area contributed by atoms with Crippen molar-refractivity contribution in [2.75, 3.05) is 13.3 Å². The van der Waals surface area contributed by atoms with Crippen molar-refractivity contribution in [2.24, 2.45) is 11.8 Å². The van der Waals surface area contributed by atoms with E-state index >= 15 is 0 Å². The quantitative estimate of drug-likeness (QED) is 0.837. The van der Waals surface area contributed by atoms with Crippen LogP contribution in [0.15, 0.2) is 0 Å². The van der Waals surface area contributed by atoms with Crippen molar-refractivity contribution >= 4 is 21.7 Å². The van der Waals surface area contributed by atoms with E-state index < -0.39 is 27.0 Å². The number of nitrogens with zero attached hydrogens (tertiary/aromatic N) is 1. The molecule has 0 aliphatic heterocycles. The second-order valence-corrected chi connectivity index (χ2v) is 9.33. The van der Waals surface area contributed by atoms with E-state index in [0.717, 1.165) is 19.3 Å². The normalized spacial score (nSPS) is 32.3. The predicted octanol–water partition coefficient (Wildman–Crippen LogP) is 1.69. The Morgan fingerprint density at radius 3 is 2.22 bits per heavy atom. The van der Waals surface area contributed by atoms with Crippen molar-refractivity contribution < 1.29 is 23.1 Å². The third-order valence-electron chi connectivity index (χ3n) is 5.44. The van der Waals surface area contributed by atoms with E-state index in [9.17, 15) is 18.0 Å². The van der Waals surface area contributed by atoms with Gasteiger partial charge in [0.1, 0.15) is 0 Å². The summed E-state index contributed by atoms with van der Waals surface area (Å²) in [4.78, 5) is 25.5. The van der Waals surface area contributed by atoms with E-state index in [-0.39, 0.29) is 17.9 Å². The monoisotopic (exact) mass is 345 g/mol. The van der Waals surface area contributed by atoms with E-state index in [2.05, 4.69) is 0 Å². The Labute approximate surface area is 138 Å². The molecule has 0 spiro atoms. The molecule has 4 unspecified atom stereocenters. The van der Waals surface area contributed by atoms with Gasteiger partial charge in [-0.05, 0) is 32.1 Å². The molecule has 7 heteroatoms. The first-order valence-electron chi connectivity index (χ1n) is 8.40. The molecule has 132 valence electrons. The topological polar surface area (TPSA) is 91.8 Å². The van der Waals surface area contributed by atoms with Crippen molar-refractivity contribution in [1.29, 1.82) is 0 Å². The smallest absolute Gasteiger partial charge is 0.306 e. The van der Waals surface area contributed by atoms with Gasteiger partial charge in [0.2, 0.25) is 5.91 Å². The van der Waals surface area contributed by atoms with Gasteiger partial charge in [-0.3, -0.25) is 9.59 Å². The Bertz CT molecular complexity index is 559. The summed E-state index contributed by atoms with van der Waals surface area (Å²) in [5, 5.41) is 8.67. The minimum atomic E-state index is -3.20. The lowest BCUT2D eigenvalue weighted by Crippen LogP contribution is -2.51. The van der Waals surface area contributed by atoms with Crippen LogP contribution in [0.5, 0.6) is 0 Å². The highest BCUT2D eigenvalue weighted by atomic mass is 32.2. The van der Waals surface area contributed by atoms with Gasteiger partial charge in [0.05, 0.1) is 11.2 Å². The number of carbonyl (C=O) groups excluding carboxylic acids is 1. The third kappa shape index (κ3) is 4.25. The van der Waals surface area contributed by atoms with Crippen molar-refractivity contribution in [3.63, 3.8) is 0 Å². The Kier molecular flexibility index (Phi) is 5.70. The van der Waals surface area contributed by atoms with Crippen LogP contribution >= 0.6 is 0 Å². The summed E-state index contributed by atoms with van der Waals surface area (Å²) in [6.45, 7) is 0. The third-order valence-corrected chi connectivity index (χ3v) is 7.09. The van der Waals surface area contributed by atoms with Gasteiger partial charge in [0.15, 0.2) is 9.84 Å². The standard InChI is InChI=1S/C16H27NO5S/c1-17(13-8-3-4-9-14(13)23(2,21)22)15(18)11-6-5-7-12(10-11)16(19)20/h11-14H,3-10H2,1-2H3,(H,19,20). The maximum atomic E-state index is 12.8. The van der Waals surface area contributed by atoms with Crippen LogP contribution in [0.1, 0.15) is 51.4 Å². The van der Waals surface area contributed by atoms with Crippen molar-refractivity contribution in [1.82, 2.24) is 4.90 Å². The van der Waals surface area contributed by atoms with E-state index in [4.69, 9.17) is 5.11 Å². The second-order valence-electron chi connectivity index (χ2n) is 7.07. The molecule has 1 amide bonds. The number of hydrogen-bond donors (Lipinski definition) is 1. The number of carboxylic acids is 1. The minimum absolute atomic E-state index is 0.0866. The molecule has 6 nitrogen and oxygen atoms in total. The molecule has 1 N–H and O–H groups in total. The van der Waals surface area contributed by atoms with Crippen LogP contribution in [-0.4, -0.2) is 54.9 Å². The number of amides is 1. The molecule has 2 aliphatic rings. The summed E-state index contributed by atoms with van der Waals surface area (Å²) in [6.07, 6.45) is 6.78. The van der Waals surface area contributed by atoms with Crippen LogP contribution in [0.3, 0.4) is 0 Å². The molecule has 0 saturated heterocycles. The van der Waals surface area contributed by atoms with E-state index in [0.29, 0.717) is 32.1 Å². The van der Waals surface area contributed by atoms with Gasteiger partial charge in [0.25, 0.3) is 0 Å². The minimum Gasteiger partial charge on any atom is -0.481 e. The first kappa shape index (κ1) is 18.2. The van der Waals surface area contributed by atoms with Gasteiger partial charge in [0, 0.05) is 25.3 Å². The van der Waals surface area contributed by atoms with Crippen LogP contribution < -0.4 is 0 Å². The molecule has 0 heterocycles. The molecular formula is C16H27NO5S. The molecule has 0 aromatic heterocycles. The zero-order valence-electron chi connectivity index (χ0n) is 13.9. The molecule has 2 saturated carbocycles. The highest BCUT2D eigenvalue weighted by Crippen LogP contribution is 2.33. The second kappa shape index (κ2) is 7.20. The molecule has 23 heavy (non-hydrogen) atoms. The summed E-state index contributed by atoms with van der Waals surface area (Å²) in [5.41, 5.74) is 0. The van der Waals surface area contributed by atoms with Gasteiger partial charge in [-0.1, -0.05) is 19.3 Å². The highest BCUT2D eigenvalue weighted by Gasteiger charge is 2.40. The summed E-state index contributed by atoms with van der Waals surface area (Å²) in [6, 6.07) is -0.281. The van der Waals surface area contributed by atoms with Crippen LogP contribution in [0, 0.1) is 11.8 Å². The fraction of sp³-hybridized carbons (Fsp3) is 0.875. The summed E-state index contributed by atoms with van der Waals surface area (Å²) in [5.74, 6) is -1.67. The number of rotatable bonds is 4. The molecule has 2 rings (SSSR count). The maximum Gasteiger partial charge on any atom is 0.306 e. The van der Waals surface area contributed by atoms with Crippen LogP contribution in [0.2, 0.25) is 0 Å². The molecule has 0 bridgehead atoms. The number of sulfone groups is 1.